The maximum atomic E-state index is 13.7. The third kappa shape index (κ3) is 7.10. The van der Waals surface area contributed by atoms with E-state index in [1.165, 1.54) is 23.5 Å². The van der Waals surface area contributed by atoms with E-state index in [0.29, 0.717) is 17.2 Å². The van der Waals surface area contributed by atoms with Crippen LogP contribution in [0.4, 0.5) is 21.8 Å². The summed E-state index contributed by atoms with van der Waals surface area (Å²) in [6.07, 6.45) is 5.72. The van der Waals surface area contributed by atoms with Crippen LogP contribution in [0.15, 0.2) is 89.1 Å². The quantitative estimate of drug-likeness (QED) is 0.321. The normalized spacial score (nSPS) is 15.4. The predicted octanol–water partition coefficient (Wildman–Crippen LogP) is 4.93. The molecule has 3 aromatic rings. The first kappa shape index (κ1) is 27.6. The fourth-order valence-corrected chi connectivity index (χ4v) is 6.30. The standard InChI is InChI=1S/C26H30FN7O2S2/c1-4-20(15-19(2)27)30-25-9-12-28-26(32-25)31-21-5-7-24(8-6-21)38(35,36)34(16-22-17-37-18-29-22)23-10-13-33(3)14-11-23/h4-9,12,15,17-18,23H,1-2,10-11,13-14,16H2,3H3,(H2,28,30,31,32)/b20-15+. The van der Waals surface area contributed by atoms with Gasteiger partial charge in [0.25, 0.3) is 0 Å². The summed E-state index contributed by atoms with van der Waals surface area (Å²) in [6.45, 7) is 8.78. The maximum absolute atomic E-state index is 13.7. The number of nitrogens with zero attached hydrogens (tertiary/aromatic N) is 5. The minimum absolute atomic E-state index is 0.0941. The van der Waals surface area contributed by atoms with Gasteiger partial charge in [-0.2, -0.15) is 9.29 Å². The van der Waals surface area contributed by atoms with Gasteiger partial charge >= 0.3 is 0 Å². The third-order valence-corrected chi connectivity index (χ3v) is 8.62. The number of allylic oxidation sites excluding steroid dienone is 3. The van der Waals surface area contributed by atoms with Crippen LogP contribution >= 0.6 is 11.3 Å². The molecule has 9 nitrogen and oxygen atoms in total. The molecule has 2 N–H and O–H groups in total. The van der Waals surface area contributed by atoms with Crippen molar-refractivity contribution in [3.8, 4) is 0 Å². The van der Waals surface area contributed by atoms with Crippen molar-refractivity contribution >= 4 is 38.8 Å². The predicted molar refractivity (Wildman–Crippen MR) is 149 cm³/mol. The first-order valence-electron chi connectivity index (χ1n) is 12.0. The number of hydrogen-bond acceptors (Lipinski definition) is 9. The molecular formula is C26H30FN7O2S2. The second kappa shape index (κ2) is 12.4. The second-order valence-electron chi connectivity index (χ2n) is 8.86. The van der Waals surface area contributed by atoms with Gasteiger partial charge in [-0.1, -0.05) is 13.2 Å². The summed E-state index contributed by atoms with van der Waals surface area (Å²) in [5.41, 5.74) is 3.46. The number of thiazole rings is 1. The lowest BCUT2D eigenvalue weighted by atomic mass is 10.1. The van der Waals surface area contributed by atoms with E-state index in [0.717, 1.165) is 31.6 Å². The Morgan fingerprint density at radius 3 is 2.61 bits per heavy atom. The number of hydrogen-bond donors (Lipinski definition) is 2. The van der Waals surface area contributed by atoms with Crippen LogP contribution in [0, 0.1) is 0 Å². The molecule has 0 bridgehead atoms. The molecule has 200 valence electrons. The first-order chi connectivity index (χ1) is 18.2. The van der Waals surface area contributed by atoms with E-state index < -0.39 is 15.9 Å². The number of anilines is 3. The zero-order valence-corrected chi connectivity index (χ0v) is 22.7. The molecule has 4 rings (SSSR count). The Hall–Kier alpha value is -3.45. The molecule has 0 radical (unpaired) electrons. The molecule has 0 aliphatic carbocycles. The van der Waals surface area contributed by atoms with Crippen molar-refractivity contribution in [3.63, 3.8) is 0 Å². The molecular weight excluding hydrogens is 525 g/mol. The zero-order chi connectivity index (χ0) is 27.1. The highest BCUT2D eigenvalue weighted by Crippen LogP contribution is 2.27. The average Bonchev–Trinajstić information content (AvgIpc) is 3.41. The average molecular weight is 556 g/mol. The highest BCUT2D eigenvalue weighted by Gasteiger charge is 2.33. The molecule has 1 fully saturated rings. The molecule has 38 heavy (non-hydrogen) atoms. The smallest absolute Gasteiger partial charge is 0.243 e. The van der Waals surface area contributed by atoms with Crippen molar-refractivity contribution in [2.75, 3.05) is 30.8 Å². The van der Waals surface area contributed by atoms with E-state index in [9.17, 15) is 12.8 Å². The first-order valence-corrected chi connectivity index (χ1v) is 14.4. The van der Waals surface area contributed by atoms with Gasteiger partial charge in [0.1, 0.15) is 11.6 Å². The van der Waals surface area contributed by atoms with Gasteiger partial charge < -0.3 is 15.5 Å². The molecule has 12 heteroatoms. The van der Waals surface area contributed by atoms with Gasteiger partial charge in [-0.3, -0.25) is 0 Å². The van der Waals surface area contributed by atoms with Crippen molar-refractivity contribution in [2.45, 2.75) is 30.3 Å². The molecule has 3 heterocycles. The summed E-state index contributed by atoms with van der Waals surface area (Å²) in [7, 11) is -1.71. The van der Waals surface area contributed by atoms with Gasteiger partial charge in [-0.25, -0.2) is 22.8 Å². The molecule has 0 saturated carbocycles. The van der Waals surface area contributed by atoms with E-state index >= 15 is 0 Å². The molecule has 0 unspecified atom stereocenters. The van der Waals surface area contributed by atoms with E-state index in [1.807, 2.05) is 12.4 Å². The minimum atomic E-state index is -3.76. The van der Waals surface area contributed by atoms with E-state index in [1.54, 1.807) is 46.3 Å². The zero-order valence-electron chi connectivity index (χ0n) is 21.0. The van der Waals surface area contributed by atoms with Gasteiger partial charge in [0.05, 0.1) is 22.6 Å². The van der Waals surface area contributed by atoms with Crippen LogP contribution in [0.25, 0.3) is 0 Å². The lowest BCUT2D eigenvalue weighted by Gasteiger charge is -2.36. The topological polar surface area (TPSA) is 103 Å². The summed E-state index contributed by atoms with van der Waals surface area (Å²) in [4.78, 5) is 15.3. The molecule has 0 atom stereocenters. The van der Waals surface area contributed by atoms with Crippen molar-refractivity contribution in [3.05, 3.63) is 89.9 Å². The Balaban J connectivity index is 1.51. The maximum Gasteiger partial charge on any atom is 0.243 e. The van der Waals surface area contributed by atoms with Gasteiger partial charge in [0, 0.05) is 29.0 Å². The van der Waals surface area contributed by atoms with Crippen molar-refractivity contribution in [1.82, 2.24) is 24.2 Å². The number of halogens is 1. The van der Waals surface area contributed by atoms with Crippen LogP contribution in [0.5, 0.6) is 0 Å². The van der Waals surface area contributed by atoms with Crippen LogP contribution < -0.4 is 10.6 Å². The summed E-state index contributed by atoms with van der Waals surface area (Å²) in [5.74, 6) is 0.0882. The lowest BCUT2D eigenvalue weighted by Crippen LogP contribution is -2.46. The van der Waals surface area contributed by atoms with Crippen molar-refractivity contribution < 1.29 is 12.8 Å². The van der Waals surface area contributed by atoms with Crippen LogP contribution in [-0.2, 0) is 16.6 Å². The van der Waals surface area contributed by atoms with E-state index in [-0.39, 0.29) is 23.4 Å². The lowest BCUT2D eigenvalue weighted by molar-refractivity contribution is 0.178. The molecule has 1 aliphatic heterocycles. The molecule has 1 aromatic carbocycles. The Bertz CT molecular complexity index is 1390. The van der Waals surface area contributed by atoms with E-state index in [4.69, 9.17) is 0 Å². The van der Waals surface area contributed by atoms with E-state index in [2.05, 4.69) is 43.6 Å². The van der Waals surface area contributed by atoms with Crippen LogP contribution in [0.3, 0.4) is 0 Å². The highest BCUT2D eigenvalue weighted by atomic mass is 32.2. The van der Waals surface area contributed by atoms with Crippen LogP contribution in [0.1, 0.15) is 18.5 Å². The number of aromatic nitrogens is 3. The molecule has 2 aromatic heterocycles. The largest absolute Gasteiger partial charge is 0.340 e. The number of nitrogens with one attached hydrogen (secondary N) is 2. The van der Waals surface area contributed by atoms with Crippen molar-refractivity contribution in [2.24, 2.45) is 0 Å². The number of benzene rings is 1. The SMILES string of the molecule is C=C/C(=C\C(=C)F)Nc1ccnc(Nc2ccc(S(=O)(=O)N(Cc3cscn3)C3CCN(C)CC3)cc2)n1. The molecule has 1 aliphatic rings. The summed E-state index contributed by atoms with van der Waals surface area (Å²) in [5, 5.41) is 7.89. The highest BCUT2D eigenvalue weighted by molar-refractivity contribution is 7.89. The fraction of sp³-hybridized carbons (Fsp3) is 0.269. The molecule has 0 spiro atoms. The van der Waals surface area contributed by atoms with Gasteiger partial charge in [0.2, 0.25) is 16.0 Å². The number of piperidine rings is 1. The minimum Gasteiger partial charge on any atom is -0.340 e. The Labute approximate surface area is 226 Å². The summed E-state index contributed by atoms with van der Waals surface area (Å²) in [6, 6.07) is 8.03. The number of likely N-dealkylation sites (tertiary alicyclic amines) is 1. The number of sulfonamides is 1. The van der Waals surface area contributed by atoms with Crippen molar-refractivity contribution in [1.29, 1.82) is 0 Å². The molecule has 0 amide bonds. The fourth-order valence-electron chi connectivity index (χ4n) is 4.09. The van der Waals surface area contributed by atoms with Crippen LogP contribution in [-0.4, -0.2) is 58.8 Å². The van der Waals surface area contributed by atoms with Gasteiger partial charge in [-0.15, -0.1) is 11.3 Å². The Morgan fingerprint density at radius 2 is 1.97 bits per heavy atom. The van der Waals surface area contributed by atoms with Gasteiger partial charge in [-0.05, 0) is 75.5 Å². The summed E-state index contributed by atoms with van der Waals surface area (Å²) >= 11 is 1.45. The Morgan fingerprint density at radius 1 is 1.24 bits per heavy atom. The monoisotopic (exact) mass is 555 g/mol. The van der Waals surface area contributed by atoms with Gasteiger partial charge in [0.15, 0.2) is 0 Å². The summed E-state index contributed by atoms with van der Waals surface area (Å²) < 4.78 is 42.2. The number of rotatable bonds is 11. The third-order valence-electron chi connectivity index (χ3n) is 6.07. The molecule has 1 saturated heterocycles. The second-order valence-corrected chi connectivity index (χ2v) is 11.5. The van der Waals surface area contributed by atoms with Crippen LogP contribution in [0.2, 0.25) is 0 Å². The Kier molecular flexibility index (Phi) is 9.00.